The molecular weight excluding hydrogens is 339 g/mol. The quantitative estimate of drug-likeness (QED) is 0.199. The molecule has 0 atom stereocenters. The number of hydrogen-bond acceptors (Lipinski definition) is 8. The Morgan fingerprint density at radius 3 is 1.58 bits per heavy atom. The van der Waals surface area contributed by atoms with Gasteiger partial charge >= 0.3 is 19.8 Å². The van der Waals surface area contributed by atoms with Gasteiger partial charge in [0.05, 0.1) is 26.4 Å². The molecule has 0 heterocycles. The normalized spacial score (nSPS) is 11.5. The summed E-state index contributed by atoms with van der Waals surface area (Å²) in [7, 11) is -4.09. The van der Waals surface area contributed by atoms with Crippen molar-refractivity contribution in [2.24, 2.45) is 0 Å². The van der Waals surface area contributed by atoms with Crippen molar-refractivity contribution in [2.45, 2.75) is 59.5 Å². The number of carbonyl (C=O) groups excluding carboxylic acids is 2. The highest BCUT2D eigenvalue weighted by Gasteiger charge is 2.40. The predicted octanol–water partition coefficient (Wildman–Crippen LogP) is 3.24. The van der Waals surface area contributed by atoms with Crippen LogP contribution in [0.15, 0.2) is 0 Å². The summed E-state index contributed by atoms with van der Waals surface area (Å²) in [5.41, 5.74) is 0. The number of hydrogen-bond donors (Lipinski definition) is 0. The molecule has 0 bridgehead atoms. The summed E-state index contributed by atoms with van der Waals surface area (Å²) >= 11 is 0. The number of carbonyl (C=O) groups is 2. The SMILES string of the molecule is CCCCOP(=O)(OCCCC)OC(C(=O)OCC)C(=O)OCC. The van der Waals surface area contributed by atoms with Crippen LogP contribution in [0.5, 0.6) is 0 Å². The Bertz CT molecular complexity index is 380. The zero-order valence-corrected chi connectivity index (χ0v) is 15.8. The first-order chi connectivity index (χ1) is 11.4. The van der Waals surface area contributed by atoms with E-state index in [4.69, 9.17) is 23.0 Å². The lowest BCUT2D eigenvalue weighted by molar-refractivity contribution is -0.167. The Morgan fingerprint density at radius 1 is 0.833 bits per heavy atom. The third kappa shape index (κ3) is 9.37. The highest BCUT2D eigenvalue weighted by Crippen LogP contribution is 2.51. The van der Waals surface area contributed by atoms with Gasteiger partial charge in [0.2, 0.25) is 0 Å². The number of ether oxygens (including phenoxy) is 2. The fourth-order valence-electron chi connectivity index (χ4n) is 1.49. The Hall–Kier alpha value is -0.950. The minimum atomic E-state index is -4.09. The Kier molecular flexibility index (Phi) is 12.8. The van der Waals surface area contributed by atoms with E-state index in [0.717, 1.165) is 12.8 Å². The van der Waals surface area contributed by atoms with E-state index in [9.17, 15) is 14.2 Å². The summed E-state index contributed by atoms with van der Waals surface area (Å²) in [6.45, 7) is 7.35. The molecule has 0 rings (SSSR count). The van der Waals surface area contributed by atoms with Gasteiger partial charge < -0.3 is 9.47 Å². The maximum atomic E-state index is 12.7. The van der Waals surface area contributed by atoms with Crippen LogP contribution in [0.3, 0.4) is 0 Å². The second kappa shape index (κ2) is 13.4. The molecule has 0 unspecified atom stereocenters. The summed E-state index contributed by atoms with van der Waals surface area (Å²) in [6.07, 6.45) is 1.09. The molecule has 142 valence electrons. The van der Waals surface area contributed by atoms with Crippen LogP contribution in [-0.2, 0) is 37.2 Å². The van der Waals surface area contributed by atoms with E-state index in [1.54, 1.807) is 13.8 Å². The Labute approximate surface area is 143 Å². The van der Waals surface area contributed by atoms with Gasteiger partial charge in [0, 0.05) is 0 Å². The lowest BCUT2D eigenvalue weighted by Crippen LogP contribution is -2.36. The molecule has 0 radical (unpaired) electrons. The average Bonchev–Trinajstić information content (AvgIpc) is 2.53. The van der Waals surface area contributed by atoms with Crippen LogP contribution in [0, 0.1) is 0 Å². The second-order valence-electron chi connectivity index (χ2n) is 4.81. The van der Waals surface area contributed by atoms with E-state index in [2.05, 4.69) is 0 Å². The summed E-state index contributed by atoms with van der Waals surface area (Å²) < 4.78 is 37.8. The first kappa shape index (κ1) is 23.1. The number of rotatable bonds is 14. The van der Waals surface area contributed by atoms with Crippen molar-refractivity contribution in [2.75, 3.05) is 26.4 Å². The third-order valence-electron chi connectivity index (χ3n) is 2.73. The first-order valence-electron chi connectivity index (χ1n) is 8.34. The predicted molar refractivity (Wildman–Crippen MR) is 87.5 cm³/mol. The van der Waals surface area contributed by atoms with Gasteiger partial charge in [-0.3, -0.25) is 13.6 Å². The molecule has 9 heteroatoms. The molecular formula is C15H29O8P. The van der Waals surface area contributed by atoms with Gasteiger partial charge in [-0.25, -0.2) is 14.2 Å². The van der Waals surface area contributed by atoms with Crippen molar-refractivity contribution in [3.8, 4) is 0 Å². The highest BCUT2D eigenvalue weighted by molar-refractivity contribution is 7.48. The van der Waals surface area contributed by atoms with E-state index in [1.807, 2.05) is 13.8 Å². The van der Waals surface area contributed by atoms with E-state index >= 15 is 0 Å². The van der Waals surface area contributed by atoms with Crippen LogP contribution < -0.4 is 0 Å². The topological polar surface area (TPSA) is 97.4 Å². The van der Waals surface area contributed by atoms with Crippen LogP contribution in [0.1, 0.15) is 53.4 Å². The molecule has 0 spiro atoms. The third-order valence-corrected chi connectivity index (χ3v) is 4.20. The van der Waals surface area contributed by atoms with Crippen LogP contribution >= 0.6 is 7.82 Å². The fourth-order valence-corrected chi connectivity index (χ4v) is 2.82. The monoisotopic (exact) mass is 368 g/mol. The van der Waals surface area contributed by atoms with Gasteiger partial charge in [-0.2, -0.15) is 0 Å². The number of phosphoric ester groups is 1. The average molecular weight is 368 g/mol. The van der Waals surface area contributed by atoms with Gasteiger partial charge in [-0.15, -0.1) is 0 Å². The molecule has 0 aromatic heterocycles. The van der Waals surface area contributed by atoms with Gasteiger partial charge in [-0.1, -0.05) is 26.7 Å². The van der Waals surface area contributed by atoms with Crippen molar-refractivity contribution in [3.05, 3.63) is 0 Å². The summed E-state index contributed by atoms with van der Waals surface area (Å²) in [4.78, 5) is 23.8. The molecule has 0 saturated carbocycles. The lowest BCUT2D eigenvalue weighted by Gasteiger charge is -2.22. The zero-order valence-electron chi connectivity index (χ0n) is 14.9. The molecule has 0 saturated heterocycles. The fraction of sp³-hybridized carbons (Fsp3) is 0.867. The number of phosphoric acid groups is 1. The highest BCUT2D eigenvalue weighted by atomic mass is 31.2. The molecule has 24 heavy (non-hydrogen) atoms. The van der Waals surface area contributed by atoms with Crippen molar-refractivity contribution < 1.29 is 37.2 Å². The zero-order chi connectivity index (χ0) is 18.4. The minimum absolute atomic E-state index is 0.0375. The molecule has 0 N–H and O–H groups in total. The minimum Gasteiger partial charge on any atom is -0.464 e. The van der Waals surface area contributed by atoms with Crippen LogP contribution in [-0.4, -0.2) is 44.5 Å². The molecule has 0 aliphatic heterocycles. The lowest BCUT2D eigenvalue weighted by atomic mass is 10.4. The van der Waals surface area contributed by atoms with E-state index < -0.39 is 25.9 Å². The summed E-state index contributed by atoms with van der Waals surface area (Å²) in [5.74, 6) is -1.98. The van der Waals surface area contributed by atoms with Gasteiger partial charge in [-0.05, 0) is 26.7 Å². The number of unbranched alkanes of at least 4 members (excludes halogenated alkanes) is 2. The second-order valence-corrected chi connectivity index (χ2v) is 6.43. The Morgan fingerprint density at radius 2 is 1.25 bits per heavy atom. The molecule has 0 fully saturated rings. The molecule has 0 aromatic carbocycles. The summed E-state index contributed by atoms with van der Waals surface area (Å²) in [5, 5.41) is 0. The van der Waals surface area contributed by atoms with Crippen LogP contribution in [0.25, 0.3) is 0 Å². The largest absolute Gasteiger partial charge is 0.476 e. The van der Waals surface area contributed by atoms with Crippen LogP contribution in [0.2, 0.25) is 0 Å². The van der Waals surface area contributed by atoms with Crippen molar-refractivity contribution in [1.29, 1.82) is 0 Å². The molecule has 0 aromatic rings. The van der Waals surface area contributed by atoms with Gasteiger partial charge in [0.15, 0.2) is 0 Å². The van der Waals surface area contributed by atoms with E-state index in [-0.39, 0.29) is 26.4 Å². The smallest absolute Gasteiger partial charge is 0.464 e. The van der Waals surface area contributed by atoms with E-state index in [1.165, 1.54) is 0 Å². The molecule has 8 nitrogen and oxygen atoms in total. The van der Waals surface area contributed by atoms with Crippen LogP contribution in [0.4, 0.5) is 0 Å². The number of esters is 2. The molecule has 0 aliphatic carbocycles. The van der Waals surface area contributed by atoms with Crippen molar-refractivity contribution in [1.82, 2.24) is 0 Å². The molecule has 0 amide bonds. The maximum absolute atomic E-state index is 12.7. The summed E-state index contributed by atoms with van der Waals surface area (Å²) in [6, 6.07) is 0. The van der Waals surface area contributed by atoms with E-state index in [0.29, 0.717) is 12.8 Å². The standard InChI is InChI=1S/C15H29O8P/c1-5-9-11-21-24(18,22-12-10-6-2)23-13(14(16)19-7-3)15(17)20-8-4/h13H,5-12H2,1-4H3. The molecule has 0 aliphatic rings. The van der Waals surface area contributed by atoms with Gasteiger partial charge in [0.25, 0.3) is 6.10 Å². The van der Waals surface area contributed by atoms with Crippen molar-refractivity contribution in [3.63, 3.8) is 0 Å². The first-order valence-corrected chi connectivity index (χ1v) is 9.80. The van der Waals surface area contributed by atoms with Crippen molar-refractivity contribution >= 4 is 19.8 Å². The Balaban J connectivity index is 5.11. The van der Waals surface area contributed by atoms with Gasteiger partial charge in [0.1, 0.15) is 0 Å². The maximum Gasteiger partial charge on any atom is 0.476 e.